The molecule has 0 spiro atoms. The van der Waals surface area contributed by atoms with Crippen molar-refractivity contribution in [1.82, 2.24) is 20.4 Å². The number of halogens is 1. The standard InChI is InChI=1S/C14H18ClN5/c1-2-3-6-20(14-18-16-13(15)17-19-14)12-8-10-4-5-11(7-10)9-12/h1,10-12H,3-9H2/t10-,11?,12?/m0/s1. The maximum absolute atomic E-state index is 5.66. The van der Waals surface area contributed by atoms with Crippen LogP contribution in [0.15, 0.2) is 0 Å². The predicted molar refractivity (Wildman–Crippen MR) is 77.3 cm³/mol. The Bertz CT molecular complexity index is 485. The quantitative estimate of drug-likeness (QED) is 0.797. The Labute approximate surface area is 124 Å². The zero-order chi connectivity index (χ0) is 13.9. The minimum atomic E-state index is 0.0781. The lowest BCUT2D eigenvalue weighted by Crippen LogP contribution is -2.41. The highest BCUT2D eigenvalue weighted by Gasteiger charge is 2.37. The second kappa shape index (κ2) is 5.92. The maximum atomic E-state index is 5.66. The molecule has 0 saturated heterocycles. The molecule has 2 aliphatic rings. The average molecular weight is 292 g/mol. The van der Waals surface area contributed by atoms with Crippen LogP contribution < -0.4 is 4.90 Å². The van der Waals surface area contributed by atoms with E-state index in [9.17, 15) is 0 Å². The highest BCUT2D eigenvalue weighted by molar-refractivity contribution is 6.28. The molecule has 0 aromatic carbocycles. The van der Waals surface area contributed by atoms with Gasteiger partial charge < -0.3 is 4.90 Å². The summed E-state index contributed by atoms with van der Waals surface area (Å²) in [5.74, 6) is 4.94. The third-order valence-electron chi connectivity index (χ3n) is 4.50. The van der Waals surface area contributed by atoms with Gasteiger partial charge in [-0.1, -0.05) is 12.8 Å². The second-order valence-corrected chi connectivity index (χ2v) is 6.12. The molecule has 2 saturated carbocycles. The van der Waals surface area contributed by atoms with E-state index >= 15 is 0 Å². The second-order valence-electron chi connectivity index (χ2n) is 5.79. The number of fused-ring (bicyclic) bond motifs is 2. The van der Waals surface area contributed by atoms with Crippen LogP contribution in [-0.4, -0.2) is 33.0 Å². The first kappa shape index (κ1) is 13.6. The summed E-state index contributed by atoms with van der Waals surface area (Å²) in [4.78, 5) is 2.18. The lowest BCUT2D eigenvalue weighted by Gasteiger charge is -2.36. The van der Waals surface area contributed by atoms with Crippen LogP contribution in [0.1, 0.15) is 38.5 Å². The summed E-state index contributed by atoms with van der Waals surface area (Å²) >= 11 is 5.66. The van der Waals surface area contributed by atoms with Crippen molar-refractivity contribution in [3.63, 3.8) is 0 Å². The van der Waals surface area contributed by atoms with Gasteiger partial charge in [0.1, 0.15) is 0 Å². The number of aromatic nitrogens is 4. The van der Waals surface area contributed by atoms with E-state index in [0.717, 1.165) is 18.4 Å². The van der Waals surface area contributed by atoms with Crippen molar-refractivity contribution < 1.29 is 0 Å². The maximum Gasteiger partial charge on any atom is 0.265 e. The lowest BCUT2D eigenvalue weighted by atomic mass is 9.84. The van der Waals surface area contributed by atoms with E-state index in [4.69, 9.17) is 18.0 Å². The lowest BCUT2D eigenvalue weighted by molar-refractivity contribution is 0.304. The molecule has 0 amide bonds. The van der Waals surface area contributed by atoms with E-state index in [0.29, 0.717) is 18.4 Å². The van der Waals surface area contributed by atoms with Gasteiger partial charge in [0.2, 0.25) is 0 Å². The number of nitrogens with zero attached hydrogens (tertiary/aromatic N) is 5. The molecule has 20 heavy (non-hydrogen) atoms. The Balaban J connectivity index is 1.78. The molecular weight excluding hydrogens is 274 g/mol. The molecule has 0 aliphatic heterocycles. The highest BCUT2D eigenvalue weighted by Crippen LogP contribution is 2.43. The fourth-order valence-corrected chi connectivity index (χ4v) is 3.76. The van der Waals surface area contributed by atoms with Crippen molar-refractivity contribution in [2.75, 3.05) is 11.4 Å². The molecule has 2 fully saturated rings. The molecule has 3 rings (SSSR count). The van der Waals surface area contributed by atoms with Crippen LogP contribution in [0, 0.1) is 24.2 Å². The van der Waals surface area contributed by atoms with Crippen molar-refractivity contribution in [2.45, 2.75) is 44.6 Å². The van der Waals surface area contributed by atoms with E-state index in [1.165, 1.54) is 32.1 Å². The third kappa shape index (κ3) is 2.85. The molecular formula is C14H18ClN5. The van der Waals surface area contributed by atoms with Gasteiger partial charge in [-0.25, -0.2) is 0 Å². The minimum Gasteiger partial charge on any atom is -0.334 e. The topological polar surface area (TPSA) is 54.8 Å². The molecule has 0 N–H and O–H groups in total. The van der Waals surface area contributed by atoms with Crippen LogP contribution in [0.5, 0.6) is 0 Å². The van der Waals surface area contributed by atoms with Gasteiger partial charge in [0.05, 0.1) is 0 Å². The number of rotatable bonds is 4. The Morgan fingerprint density at radius 2 is 1.75 bits per heavy atom. The Morgan fingerprint density at radius 3 is 2.35 bits per heavy atom. The SMILES string of the molecule is C#CCCN(c1nnc(Cl)nn1)C1CC2CC[C@@H](C2)C1. The Morgan fingerprint density at radius 1 is 1.10 bits per heavy atom. The van der Waals surface area contributed by atoms with Gasteiger partial charge in [-0.15, -0.1) is 32.7 Å². The molecule has 5 nitrogen and oxygen atoms in total. The molecule has 6 heteroatoms. The normalized spacial score (nSPS) is 28.1. The van der Waals surface area contributed by atoms with E-state index < -0.39 is 0 Å². The number of hydrogen-bond acceptors (Lipinski definition) is 5. The summed E-state index contributed by atoms with van der Waals surface area (Å²) in [5, 5.41) is 15.8. The summed E-state index contributed by atoms with van der Waals surface area (Å²) in [5.41, 5.74) is 0. The van der Waals surface area contributed by atoms with Crippen molar-refractivity contribution in [2.24, 2.45) is 11.8 Å². The van der Waals surface area contributed by atoms with Crippen LogP contribution in [0.25, 0.3) is 0 Å². The zero-order valence-electron chi connectivity index (χ0n) is 11.4. The summed E-state index contributed by atoms with van der Waals surface area (Å²) in [7, 11) is 0. The van der Waals surface area contributed by atoms with Gasteiger partial charge in [0, 0.05) is 19.0 Å². The first-order valence-electron chi connectivity index (χ1n) is 7.19. The predicted octanol–water partition coefficient (Wildman–Crippen LogP) is 2.33. The van der Waals surface area contributed by atoms with Gasteiger partial charge in [-0.2, -0.15) is 0 Å². The largest absolute Gasteiger partial charge is 0.334 e. The van der Waals surface area contributed by atoms with Gasteiger partial charge in [0.25, 0.3) is 11.2 Å². The zero-order valence-corrected chi connectivity index (χ0v) is 12.1. The third-order valence-corrected chi connectivity index (χ3v) is 4.65. The Hall–Kier alpha value is -1.41. The van der Waals surface area contributed by atoms with Gasteiger partial charge >= 0.3 is 0 Å². The molecule has 1 heterocycles. The minimum absolute atomic E-state index is 0.0781. The van der Waals surface area contributed by atoms with Gasteiger partial charge in [0.15, 0.2) is 0 Å². The Kier molecular flexibility index (Phi) is 4.02. The van der Waals surface area contributed by atoms with Crippen LogP contribution in [0.2, 0.25) is 5.28 Å². The number of hydrogen-bond donors (Lipinski definition) is 0. The van der Waals surface area contributed by atoms with Crippen molar-refractivity contribution in [1.29, 1.82) is 0 Å². The first-order chi connectivity index (χ1) is 9.76. The summed E-state index contributed by atoms with van der Waals surface area (Å²) in [6, 6.07) is 0.458. The number of terminal acetylenes is 1. The fourth-order valence-electron chi connectivity index (χ4n) is 3.68. The van der Waals surface area contributed by atoms with Crippen molar-refractivity contribution in [3.8, 4) is 12.3 Å². The molecule has 3 atom stereocenters. The van der Waals surface area contributed by atoms with E-state index in [1.54, 1.807) is 0 Å². The van der Waals surface area contributed by atoms with Crippen LogP contribution in [-0.2, 0) is 0 Å². The van der Waals surface area contributed by atoms with E-state index in [-0.39, 0.29) is 5.28 Å². The summed E-state index contributed by atoms with van der Waals surface area (Å²) in [6.07, 6.45) is 12.6. The molecule has 0 radical (unpaired) electrons. The van der Waals surface area contributed by atoms with Crippen molar-refractivity contribution >= 4 is 17.5 Å². The molecule has 2 aliphatic carbocycles. The molecule has 1 aromatic rings. The van der Waals surface area contributed by atoms with Crippen LogP contribution in [0.3, 0.4) is 0 Å². The monoisotopic (exact) mass is 291 g/mol. The van der Waals surface area contributed by atoms with Crippen LogP contribution >= 0.6 is 11.6 Å². The molecule has 2 unspecified atom stereocenters. The smallest absolute Gasteiger partial charge is 0.265 e. The highest BCUT2D eigenvalue weighted by atomic mass is 35.5. The number of anilines is 1. The van der Waals surface area contributed by atoms with E-state index in [2.05, 4.69) is 31.2 Å². The molecule has 2 bridgehead atoms. The summed E-state index contributed by atoms with van der Waals surface area (Å²) in [6.45, 7) is 0.756. The fraction of sp³-hybridized carbons (Fsp3) is 0.714. The van der Waals surface area contributed by atoms with Crippen molar-refractivity contribution in [3.05, 3.63) is 5.28 Å². The molecule has 106 valence electrons. The average Bonchev–Trinajstić information content (AvgIpc) is 2.80. The van der Waals surface area contributed by atoms with Gasteiger partial charge in [-0.05, 0) is 42.7 Å². The molecule has 1 aromatic heterocycles. The van der Waals surface area contributed by atoms with Gasteiger partial charge in [-0.3, -0.25) is 0 Å². The first-order valence-corrected chi connectivity index (χ1v) is 7.57. The van der Waals surface area contributed by atoms with Crippen LogP contribution in [0.4, 0.5) is 5.95 Å². The van der Waals surface area contributed by atoms with E-state index in [1.807, 2.05) is 0 Å². The summed E-state index contributed by atoms with van der Waals surface area (Å²) < 4.78 is 0.